The number of amides is 1. The lowest BCUT2D eigenvalue weighted by Crippen LogP contribution is -2.43. The second-order valence-electron chi connectivity index (χ2n) is 6.76. The summed E-state index contributed by atoms with van der Waals surface area (Å²) >= 11 is 0. The van der Waals surface area contributed by atoms with Crippen LogP contribution in [0.3, 0.4) is 0 Å². The predicted octanol–water partition coefficient (Wildman–Crippen LogP) is 1.29. The molecule has 0 aromatic heterocycles. The maximum absolute atomic E-state index is 12.2. The van der Waals surface area contributed by atoms with Crippen LogP contribution < -0.4 is 11.1 Å². The highest BCUT2D eigenvalue weighted by molar-refractivity contribution is 7.90. The van der Waals surface area contributed by atoms with E-state index >= 15 is 0 Å². The second kappa shape index (κ2) is 6.01. The van der Waals surface area contributed by atoms with Crippen LogP contribution >= 0.6 is 0 Å². The summed E-state index contributed by atoms with van der Waals surface area (Å²) in [5.41, 5.74) is 8.18. The van der Waals surface area contributed by atoms with Crippen LogP contribution in [0.4, 0.5) is 0 Å². The van der Waals surface area contributed by atoms with Crippen LogP contribution in [0.25, 0.3) is 0 Å². The lowest BCUT2D eigenvalue weighted by molar-refractivity contribution is -0.123. The van der Waals surface area contributed by atoms with Crippen molar-refractivity contribution in [3.8, 4) is 0 Å². The van der Waals surface area contributed by atoms with Gasteiger partial charge in [-0.15, -0.1) is 0 Å². The minimum atomic E-state index is -3.11. The average Bonchev–Trinajstić information content (AvgIpc) is 2.67. The molecule has 3 N–H and O–H groups in total. The van der Waals surface area contributed by atoms with E-state index in [0.29, 0.717) is 0 Å². The van der Waals surface area contributed by atoms with Gasteiger partial charge in [0.1, 0.15) is 9.84 Å². The van der Waals surface area contributed by atoms with Crippen LogP contribution in [0.15, 0.2) is 24.3 Å². The molecule has 0 heterocycles. The molecule has 0 bridgehead atoms. The summed E-state index contributed by atoms with van der Waals surface area (Å²) in [7, 11) is -3.11. The Kier molecular flexibility index (Phi) is 4.63. The van der Waals surface area contributed by atoms with Gasteiger partial charge < -0.3 is 11.1 Å². The molecule has 0 spiro atoms. The molecule has 122 valence electrons. The quantitative estimate of drug-likeness (QED) is 0.854. The second-order valence-corrected chi connectivity index (χ2v) is 9.02. The molecule has 1 aliphatic carbocycles. The molecule has 0 saturated carbocycles. The molecule has 2 atom stereocenters. The fraction of sp³-hybridized carbons (Fsp3) is 0.562. The standard InChI is InChI=1S/C16H24N2O3S/c1-16(2)10-14(11-6-4-5-7-12(11)16)18-15(19)13(17)8-9-22(3,20)21/h4-7,13-14H,8-10,17H2,1-3H3,(H,18,19). The summed E-state index contributed by atoms with van der Waals surface area (Å²) in [4.78, 5) is 12.2. The van der Waals surface area contributed by atoms with E-state index in [2.05, 4.69) is 25.2 Å². The topological polar surface area (TPSA) is 89.3 Å². The Bertz CT molecular complexity index is 668. The molecule has 2 rings (SSSR count). The van der Waals surface area contributed by atoms with E-state index in [1.165, 1.54) is 5.56 Å². The fourth-order valence-corrected chi connectivity index (χ4v) is 3.71. The van der Waals surface area contributed by atoms with Crippen molar-refractivity contribution < 1.29 is 13.2 Å². The maximum Gasteiger partial charge on any atom is 0.237 e. The number of hydrogen-bond acceptors (Lipinski definition) is 4. The summed E-state index contributed by atoms with van der Waals surface area (Å²) in [6.07, 6.45) is 2.10. The first kappa shape index (κ1) is 17.0. The number of nitrogens with one attached hydrogen (secondary N) is 1. The number of carbonyl (C=O) groups is 1. The molecule has 22 heavy (non-hydrogen) atoms. The minimum absolute atomic E-state index is 0.00535. The Morgan fingerprint density at radius 3 is 2.68 bits per heavy atom. The molecular weight excluding hydrogens is 300 g/mol. The van der Waals surface area contributed by atoms with Gasteiger partial charge in [0.15, 0.2) is 0 Å². The van der Waals surface area contributed by atoms with E-state index in [1.54, 1.807) is 0 Å². The summed E-state index contributed by atoms with van der Waals surface area (Å²) in [5, 5.41) is 2.97. The largest absolute Gasteiger partial charge is 0.348 e. The molecular formula is C16H24N2O3S. The van der Waals surface area contributed by atoms with Gasteiger partial charge >= 0.3 is 0 Å². The molecule has 1 aliphatic rings. The van der Waals surface area contributed by atoms with Gasteiger partial charge in [0.25, 0.3) is 0 Å². The number of nitrogens with two attached hydrogens (primary N) is 1. The van der Waals surface area contributed by atoms with Crippen LogP contribution in [-0.2, 0) is 20.0 Å². The molecule has 1 amide bonds. The first-order chi connectivity index (χ1) is 10.1. The van der Waals surface area contributed by atoms with Gasteiger partial charge in [-0.3, -0.25) is 4.79 Å². The van der Waals surface area contributed by atoms with E-state index in [4.69, 9.17) is 5.73 Å². The van der Waals surface area contributed by atoms with Gasteiger partial charge in [-0.1, -0.05) is 38.1 Å². The van der Waals surface area contributed by atoms with Gasteiger partial charge in [-0.2, -0.15) is 0 Å². The van der Waals surface area contributed by atoms with Gasteiger partial charge in [0.05, 0.1) is 17.8 Å². The number of fused-ring (bicyclic) bond motifs is 1. The third kappa shape index (κ3) is 3.87. The molecule has 6 heteroatoms. The summed E-state index contributed by atoms with van der Waals surface area (Å²) in [5.74, 6) is -0.366. The Hall–Kier alpha value is -1.40. The Morgan fingerprint density at radius 2 is 2.05 bits per heavy atom. The molecule has 0 saturated heterocycles. The van der Waals surface area contributed by atoms with Gasteiger partial charge in [0, 0.05) is 6.26 Å². The summed E-state index contributed by atoms with van der Waals surface area (Å²) in [6, 6.07) is 7.21. The average molecular weight is 324 g/mol. The Morgan fingerprint density at radius 1 is 1.41 bits per heavy atom. The highest BCUT2D eigenvalue weighted by atomic mass is 32.2. The number of hydrogen-bond donors (Lipinski definition) is 2. The van der Waals surface area contributed by atoms with Crippen molar-refractivity contribution in [3.63, 3.8) is 0 Å². The number of carbonyl (C=O) groups excluding carboxylic acids is 1. The van der Waals surface area contributed by atoms with Crippen molar-refractivity contribution in [2.24, 2.45) is 5.73 Å². The van der Waals surface area contributed by atoms with E-state index in [0.717, 1.165) is 18.2 Å². The predicted molar refractivity (Wildman–Crippen MR) is 87.3 cm³/mol. The lowest BCUT2D eigenvalue weighted by atomic mass is 9.86. The van der Waals surface area contributed by atoms with Crippen molar-refractivity contribution in [1.82, 2.24) is 5.32 Å². The van der Waals surface area contributed by atoms with Crippen LogP contribution in [0, 0.1) is 0 Å². The molecule has 1 aromatic carbocycles. The highest BCUT2D eigenvalue weighted by Crippen LogP contribution is 2.44. The molecule has 2 unspecified atom stereocenters. The van der Waals surface area contributed by atoms with E-state index in [-0.39, 0.29) is 29.5 Å². The number of sulfone groups is 1. The maximum atomic E-state index is 12.2. The van der Waals surface area contributed by atoms with Gasteiger partial charge in [-0.05, 0) is 29.4 Å². The zero-order chi connectivity index (χ0) is 16.5. The monoisotopic (exact) mass is 324 g/mol. The third-order valence-electron chi connectivity index (χ3n) is 4.23. The third-order valence-corrected chi connectivity index (χ3v) is 5.21. The van der Waals surface area contributed by atoms with Crippen molar-refractivity contribution in [3.05, 3.63) is 35.4 Å². The van der Waals surface area contributed by atoms with Crippen molar-refractivity contribution >= 4 is 15.7 Å². The van der Waals surface area contributed by atoms with Crippen LogP contribution in [0.5, 0.6) is 0 Å². The smallest absolute Gasteiger partial charge is 0.237 e. The van der Waals surface area contributed by atoms with E-state index in [1.807, 2.05) is 18.2 Å². The summed E-state index contributed by atoms with van der Waals surface area (Å²) < 4.78 is 22.3. The first-order valence-corrected chi connectivity index (χ1v) is 9.49. The Balaban J connectivity index is 2.04. The fourth-order valence-electron chi connectivity index (χ4n) is 3.03. The van der Waals surface area contributed by atoms with E-state index in [9.17, 15) is 13.2 Å². The summed E-state index contributed by atoms with van der Waals surface area (Å²) in [6.45, 7) is 4.31. The van der Waals surface area contributed by atoms with Crippen molar-refractivity contribution in [1.29, 1.82) is 0 Å². The van der Waals surface area contributed by atoms with Crippen LogP contribution in [0.2, 0.25) is 0 Å². The normalized spacial score (nSPS) is 21.2. The lowest BCUT2D eigenvalue weighted by Gasteiger charge is -2.20. The van der Waals surface area contributed by atoms with Crippen LogP contribution in [0.1, 0.15) is 43.9 Å². The SMILES string of the molecule is CC1(C)CC(NC(=O)C(N)CCS(C)(=O)=O)c2ccccc21. The Labute approximate surface area is 132 Å². The number of rotatable bonds is 5. The first-order valence-electron chi connectivity index (χ1n) is 7.43. The minimum Gasteiger partial charge on any atom is -0.348 e. The van der Waals surface area contributed by atoms with Gasteiger partial charge in [0.2, 0.25) is 5.91 Å². The molecule has 5 nitrogen and oxygen atoms in total. The number of benzene rings is 1. The van der Waals surface area contributed by atoms with E-state index < -0.39 is 15.9 Å². The highest BCUT2D eigenvalue weighted by Gasteiger charge is 2.37. The van der Waals surface area contributed by atoms with Crippen molar-refractivity contribution in [2.75, 3.05) is 12.0 Å². The molecule has 0 fully saturated rings. The molecule has 0 aliphatic heterocycles. The zero-order valence-corrected chi connectivity index (χ0v) is 14.1. The van der Waals surface area contributed by atoms with Gasteiger partial charge in [-0.25, -0.2) is 8.42 Å². The van der Waals surface area contributed by atoms with Crippen molar-refractivity contribution in [2.45, 2.75) is 44.2 Å². The zero-order valence-electron chi connectivity index (χ0n) is 13.3. The molecule has 0 radical (unpaired) electrons. The molecule has 1 aromatic rings. The van der Waals surface area contributed by atoms with Crippen LogP contribution in [-0.4, -0.2) is 32.4 Å².